The number of hydrogen-bond donors (Lipinski definition) is 5. The molecule has 0 radical (unpaired) electrons. The van der Waals surface area contributed by atoms with Gasteiger partial charge in [-0.3, -0.25) is 19.2 Å². The molecule has 354 valence electrons. The summed E-state index contributed by atoms with van der Waals surface area (Å²) < 4.78 is 12.0. The Labute approximate surface area is 384 Å². The lowest BCUT2D eigenvalue weighted by Gasteiger charge is -2.62. The standard InChI is InChI=1S/C50H71N7O8/c1-30-41-25-37(50(41,4)5)26-42(30)54-48(61)45-44(31(2)64-49(62)52-20-19-51-32(3)59)43(29-58)65-57(45)27-34-17-14-18-40(46(34)63-10)35-22-36(24-39(23-35)56(8)9)47(60)53-38(28-55(6)7)21-33-15-12-11-13-16-33/h11-18,22-24,30-31,37-38,41-45,58H,19-21,25-29H2,1-10H3,(H,51,59)(H,52,62)(H,53,60)(H,54,61)/t30-,31-,37-,38-,41+,42?,43-,44+,45-/m0/s1. The second-order valence-corrected chi connectivity index (χ2v) is 19.3. The maximum Gasteiger partial charge on any atom is 0.407 e. The van der Waals surface area contributed by atoms with Gasteiger partial charge in [-0.05, 0) is 92.8 Å². The van der Waals surface area contributed by atoms with E-state index in [9.17, 15) is 24.3 Å². The SMILES string of the molecule is COc1c(CN2O[C@@H](CO)[C@@H]([C@H](C)OC(=O)NCCNC(C)=O)[C@H]2C(=O)NC2C[C@@H]3C[C@H]([C@@H]2C)C3(C)C)cccc1-c1cc(C(=O)N[C@@H](Cc2ccccc2)CN(C)C)cc(N(C)C)c1. The number of alkyl carbamates (subject to hydrolysis) is 1. The summed E-state index contributed by atoms with van der Waals surface area (Å²) in [7, 11) is 9.44. The minimum absolute atomic E-state index is 0.0482. The first kappa shape index (κ1) is 49.2. The van der Waals surface area contributed by atoms with E-state index in [0.717, 1.165) is 35.2 Å². The largest absolute Gasteiger partial charge is 0.496 e. The van der Waals surface area contributed by atoms with Crippen LogP contribution in [0.2, 0.25) is 0 Å². The highest BCUT2D eigenvalue weighted by molar-refractivity contribution is 5.97. The molecule has 3 aliphatic carbocycles. The van der Waals surface area contributed by atoms with Crippen LogP contribution in [-0.2, 0) is 32.1 Å². The normalized spacial score (nSPS) is 24.3. The van der Waals surface area contributed by atoms with Crippen molar-refractivity contribution in [1.82, 2.24) is 31.2 Å². The lowest BCUT2D eigenvalue weighted by Crippen LogP contribution is -2.62. The molecular formula is C50H71N7O8. The van der Waals surface area contributed by atoms with E-state index in [4.69, 9.17) is 14.3 Å². The molecule has 1 heterocycles. The molecule has 3 aromatic carbocycles. The smallest absolute Gasteiger partial charge is 0.407 e. The average molecular weight is 898 g/mol. The fourth-order valence-corrected chi connectivity index (χ4v) is 10.4. The molecule has 0 aromatic heterocycles. The highest BCUT2D eigenvalue weighted by Crippen LogP contribution is 2.61. The van der Waals surface area contributed by atoms with Gasteiger partial charge >= 0.3 is 6.09 Å². The van der Waals surface area contributed by atoms with Gasteiger partial charge in [0.1, 0.15) is 24.0 Å². The third-order valence-electron chi connectivity index (χ3n) is 14.0. The maximum atomic E-state index is 14.8. The van der Waals surface area contributed by atoms with Gasteiger partial charge in [0.2, 0.25) is 11.8 Å². The number of para-hydroxylation sites is 1. The number of hydroxylamine groups is 2. The Hall–Kier alpha value is -5.22. The van der Waals surface area contributed by atoms with Crippen molar-refractivity contribution in [3.8, 4) is 16.9 Å². The number of methoxy groups -OCH3 is 1. The van der Waals surface area contributed by atoms with E-state index in [1.807, 2.05) is 87.7 Å². The zero-order valence-electron chi connectivity index (χ0n) is 39.9. The molecule has 0 spiro atoms. The first-order valence-corrected chi connectivity index (χ1v) is 22.9. The molecule has 3 aromatic rings. The summed E-state index contributed by atoms with van der Waals surface area (Å²) >= 11 is 0. The number of hydrogen-bond acceptors (Lipinski definition) is 11. The van der Waals surface area contributed by atoms with Crippen molar-refractivity contribution in [3.05, 3.63) is 83.4 Å². The van der Waals surface area contributed by atoms with Crippen molar-refractivity contribution < 1.29 is 38.6 Å². The van der Waals surface area contributed by atoms with Gasteiger partial charge in [-0.2, -0.15) is 5.06 Å². The van der Waals surface area contributed by atoms with Crippen LogP contribution in [0.5, 0.6) is 5.75 Å². The summed E-state index contributed by atoms with van der Waals surface area (Å²) in [4.78, 5) is 63.8. The zero-order valence-corrected chi connectivity index (χ0v) is 39.9. The van der Waals surface area contributed by atoms with E-state index in [1.54, 1.807) is 19.1 Å². The predicted molar refractivity (Wildman–Crippen MR) is 251 cm³/mol. The highest BCUT2D eigenvalue weighted by atomic mass is 16.7. The van der Waals surface area contributed by atoms with Gasteiger partial charge in [0.25, 0.3) is 5.91 Å². The van der Waals surface area contributed by atoms with E-state index in [-0.39, 0.29) is 60.8 Å². The Bertz CT molecular complexity index is 2130. The van der Waals surface area contributed by atoms with Crippen molar-refractivity contribution in [1.29, 1.82) is 0 Å². The van der Waals surface area contributed by atoms with E-state index in [2.05, 4.69) is 59.1 Å². The van der Waals surface area contributed by atoms with Gasteiger partial charge in [-0.15, -0.1) is 0 Å². The number of benzene rings is 3. The van der Waals surface area contributed by atoms with Crippen molar-refractivity contribution in [3.63, 3.8) is 0 Å². The van der Waals surface area contributed by atoms with Crippen molar-refractivity contribution >= 4 is 29.5 Å². The molecule has 9 atom stereocenters. The van der Waals surface area contributed by atoms with Crippen LogP contribution in [0.4, 0.5) is 10.5 Å². The van der Waals surface area contributed by atoms with Gasteiger partial charge in [0, 0.05) is 75.1 Å². The third kappa shape index (κ3) is 11.6. The van der Waals surface area contributed by atoms with E-state index >= 15 is 0 Å². The van der Waals surface area contributed by atoms with Crippen LogP contribution in [0.3, 0.4) is 0 Å². The molecular weight excluding hydrogens is 827 g/mol. The van der Waals surface area contributed by atoms with Crippen LogP contribution < -0.4 is 30.9 Å². The van der Waals surface area contributed by atoms with Crippen LogP contribution in [0, 0.1) is 29.1 Å². The molecule has 4 fully saturated rings. The quantitative estimate of drug-likeness (QED) is 0.104. The minimum atomic E-state index is -0.959. The molecule has 4 amide bonds. The number of likely N-dealkylation sites (N-methyl/N-ethyl adjacent to an activating group) is 1. The Balaban J connectivity index is 1.29. The molecule has 2 bridgehead atoms. The summed E-state index contributed by atoms with van der Waals surface area (Å²) in [6.45, 7) is 10.6. The molecule has 5 N–H and O–H groups in total. The van der Waals surface area contributed by atoms with Crippen molar-refractivity contribution in [2.75, 3.05) is 66.4 Å². The number of ether oxygens (including phenoxy) is 2. The first-order chi connectivity index (χ1) is 30.9. The highest BCUT2D eigenvalue weighted by Gasteiger charge is 2.57. The van der Waals surface area contributed by atoms with Crippen LogP contribution in [0.15, 0.2) is 66.7 Å². The average Bonchev–Trinajstić information content (AvgIpc) is 3.63. The summed E-state index contributed by atoms with van der Waals surface area (Å²) in [5.74, 6) is 0.349. The molecule has 3 saturated carbocycles. The lowest BCUT2D eigenvalue weighted by atomic mass is 9.45. The molecule has 15 nitrogen and oxygen atoms in total. The van der Waals surface area contributed by atoms with E-state index in [0.29, 0.717) is 41.7 Å². The second kappa shape index (κ2) is 21.4. The monoisotopic (exact) mass is 898 g/mol. The second-order valence-electron chi connectivity index (χ2n) is 19.3. The number of anilines is 1. The van der Waals surface area contributed by atoms with Gasteiger partial charge in [0.15, 0.2) is 0 Å². The Morgan fingerprint density at radius 2 is 1.69 bits per heavy atom. The Morgan fingerprint density at radius 1 is 0.969 bits per heavy atom. The molecule has 15 heteroatoms. The lowest BCUT2D eigenvalue weighted by molar-refractivity contribution is -0.183. The van der Waals surface area contributed by atoms with Gasteiger partial charge in [-0.25, -0.2) is 4.79 Å². The number of aliphatic hydroxyl groups is 1. The summed E-state index contributed by atoms with van der Waals surface area (Å²) in [6, 6.07) is 20.5. The van der Waals surface area contributed by atoms with Crippen LogP contribution in [-0.4, -0.2) is 131 Å². The maximum absolute atomic E-state index is 14.8. The molecule has 1 unspecified atom stereocenters. The van der Waals surface area contributed by atoms with Crippen LogP contribution >= 0.6 is 0 Å². The van der Waals surface area contributed by atoms with Gasteiger partial charge in [-0.1, -0.05) is 69.3 Å². The van der Waals surface area contributed by atoms with Crippen molar-refractivity contribution in [2.24, 2.45) is 29.1 Å². The first-order valence-electron chi connectivity index (χ1n) is 22.9. The molecule has 65 heavy (non-hydrogen) atoms. The number of fused-ring (bicyclic) bond motifs is 2. The van der Waals surface area contributed by atoms with E-state index < -0.39 is 36.9 Å². The number of nitrogens with zero attached hydrogens (tertiary/aromatic N) is 3. The topological polar surface area (TPSA) is 174 Å². The molecule has 7 rings (SSSR count). The predicted octanol–water partition coefficient (Wildman–Crippen LogP) is 4.86. The number of aliphatic hydroxyl groups excluding tert-OH is 1. The van der Waals surface area contributed by atoms with Crippen LogP contribution in [0.1, 0.15) is 68.9 Å². The summed E-state index contributed by atoms with van der Waals surface area (Å²) in [6.07, 6.45) is 0.239. The zero-order chi connectivity index (χ0) is 47.2. The van der Waals surface area contributed by atoms with E-state index in [1.165, 1.54) is 6.92 Å². The summed E-state index contributed by atoms with van der Waals surface area (Å²) in [5, 5.41) is 24.3. The third-order valence-corrected chi connectivity index (χ3v) is 14.0. The van der Waals surface area contributed by atoms with Gasteiger partial charge in [0.05, 0.1) is 26.2 Å². The minimum Gasteiger partial charge on any atom is -0.496 e. The number of nitrogens with one attached hydrogen (secondary N) is 4. The number of rotatable bonds is 19. The number of carbonyl (C=O) groups excluding carboxylic acids is 4. The Morgan fingerprint density at radius 3 is 2.32 bits per heavy atom. The van der Waals surface area contributed by atoms with Crippen molar-refractivity contribution in [2.45, 2.75) is 90.8 Å². The molecule has 4 aliphatic rings. The number of amides is 4. The number of carbonyl (C=O) groups is 4. The van der Waals surface area contributed by atoms with Crippen LogP contribution in [0.25, 0.3) is 11.1 Å². The molecule has 1 aliphatic heterocycles. The van der Waals surface area contributed by atoms with Gasteiger partial charge < -0.3 is 45.6 Å². The fourth-order valence-electron chi connectivity index (χ4n) is 10.4. The summed E-state index contributed by atoms with van der Waals surface area (Å²) in [5.41, 5.74) is 4.87. The molecule has 1 saturated heterocycles. The Kier molecular flexibility index (Phi) is 16.2. The fraction of sp³-hybridized carbons (Fsp3) is 0.560.